The lowest BCUT2D eigenvalue weighted by molar-refractivity contribution is -0.114. The van der Waals surface area contributed by atoms with E-state index in [0.717, 1.165) is 21.7 Å². The van der Waals surface area contributed by atoms with Crippen LogP contribution in [0.15, 0.2) is 59.1 Å². The molecule has 0 aliphatic carbocycles. The van der Waals surface area contributed by atoms with Gasteiger partial charge in [0.05, 0.1) is 6.61 Å². The maximum absolute atomic E-state index is 11.3. The number of amides is 1. The number of ether oxygens (including phenoxy) is 1. The van der Waals surface area contributed by atoms with E-state index in [2.05, 4.69) is 38.4 Å². The van der Waals surface area contributed by atoms with E-state index in [1.807, 2.05) is 42.5 Å². The second-order valence-corrected chi connectivity index (χ2v) is 6.36. The van der Waals surface area contributed by atoms with Gasteiger partial charge in [-0.1, -0.05) is 46.3 Å². The number of hydrogen-bond acceptors (Lipinski definition) is 3. The van der Waals surface area contributed by atoms with E-state index in [-0.39, 0.29) is 5.91 Å². The van der Waals surface area contributed by atoms with Gasteiger partial charge in [-0.15, -0.1) is 0 Å². The Morgan fingerprint density at radius 3 is 2.71 bits per heavy atom. The fraction of sp³-hybridized carbons (Fsp3) is 0.158. The lowest BCUT2D eigenvalue weighted by Gasteiger charge is -2.11. The van der Waals surface area contributed by atoms with Gasteiger partial charge in [-0.2, -0.15) is 4.98 Å². The third-order valence-electron chi connectivity index (χ3n) is 3.53. The zero-order chi connectivity index (χ0) is 16.9. The molecular weight excluding hydrogens is 368 g/mol. The lowest BCUT2D eigenvalue weighted by atomic mass is 10.1. The molecule has 0 unspecified atom stereocenters. The number of benzene rings is 2. The number of pyridine rings is 1. The van der Waals surface area contributed by atoms with Crippen molar-refractivity contribution in [3.05, 3.63) is 64.6 Å². The highest BCUT2D eigenvalue weighted by Crippen LogP contribution is 2.29. The molecule has 0 saturated carbocycles. The number of nitrogens with zero attached hydrogens (tertiary/aromatic N) is 1. The Bertz CT molecular complexity index is 866. The van der Waals surface area contributed by atoms with Gasteiger partial charge in [-0.25, -0.2) is 0 Å². The van der Waals surface area contributed by atoms with Crippen LogP contribution in [-0.4, -0.2) is 17.5 Å². The Morgan fingerprint density at radius 1 is 1.17 bits per heavy atom. The van der Waals surface area contributed by atoms with Gasteiger partial charge in [-0.3, -0.25) is 4.79 Å². The molecule has 1 N–H and O–H groups in total. The van der Waals surface area contributed by atoms with Crippen LogP contribution in [0.3, 0.4) is 0 Å². The van der Waals surface area contributed by atoms with Crippen LogP contribution in [0.4, 0.5) is 5.82 Å². The minimum absolute atomic E-state index is 0.160. The van der Waals surface area contributed by atoms with Crippen molar-refractivity contribution in [2.45, 2.75) is 13.3 Å². The Balaban J connectivity index is 1.85. The first-order chi connectivity index (χ1) is 11.6. The summed E-state index contributed by atoms with van der Waals surface area (Å²) in [5.74, 6) is 0.856. The van der Waals surface area contributed by atoms with Crippen molar-refractivity contribution >= 4 is 38.4 Å². The van der Waals surface area contributed by atoms with Crippen LogP contribution in [0.1, 0.15) is 12.5 Å². The van der Waals surface area contributed by atoms with Crippen LogP contribution >= 0.6 is 15.9 Å². The first-order valence-electron chi connectivity index (χ1n) is 7.66. The Labute approximate surface area is 149 Å². The van der Waals surface area contributed by atoms with Crippen LogP contribution in [0.5, 0.6) is 5.88 Å². The summed E-state index contributed by atoms with van der Waals surface area (Å²) >= 11 is 3.47. The number of halogens is 1. The molecule has 0 aliphatic rings. The highest BCUT2D eigenvalue weighted by molar-refractivity contribution is 9.10. The SMILES string of the molecule is CC(=O)Nc1cc2cc(Br)ccc2c(OCCc2ccccc2)n1. The van der Waals surface area contributed by atoms with Crippen LogP contribution in [0, 0.1) is 0 Å². The maximum atomic E-state index is 11.3. The van der Waals surface area contributed by atoms with E-state index in [1.54, 1.807) is 0 Å². The average Bonchev–Trinajstić information content (AvgIpc) is 2.54. The summed E-state index contributed by atoms with van der Waals surface area (Å²) in [6.07, 6.45) is 0.797. The molecule has 1 amide bonds. The fourth-order valence-electron chi connectivity index (χ4n) is 2.46. The molecule has 122 valence electrons. The van der Waals surface area contributed by atoms with E-state index < -0.39 is 0 Å². The van der Waals surface area contributed by atoms with Gasteiger partial charge in [0, 0.05) is 23.2 Å². The molecular formula is C19H17BrN2O2. The first kappa shape index (κ1) is 16.5. The topological polar surface area (TPSA) is 51.2 Å². The molecule has 0 bridgehead atoms. The number of anilines is 1. The molecule has 1 heterocycles. The van der Waals surface area contributed by atoms with E-state index in [9.17, 15) is 4.79 Å². The summed E-state index contributed by atoms with van der Waals surface area (Å²) in [4.78, 5) is 15.8. The van der Waals surface area contributed by atoms with Crippen molar-refractivity contribution < 1.29 is 9.53 Å². The molecule has 5 heteroatoms. The zero-order valence-corrected chi connectivity index (χ0v) is 14.8. The van der Waals surface area contributed by atoms with E-state index in [0.29, 0.717) is 18.3 Å². The monoisotopic (exact) mass is 384 g/mol. The van der Waals surface area contributed by atoms with Crippen molar-refractivity contribution in [1.29, 1.82) is 0 Å². The summed E-state index contributed by atoms with van der Waals surface area (Å²) in [7, 11) is 0. The lowest BCUT2D eigenvalue weighted by Crippen LogP contribution is -2.09. The number of aromatic nitrogens is 1. The van der Waals surface area contributed by atoms with E-state index >= 15 is 0 Å². The molecule has 0 spiro atoms. The van der Waals surface area contributed by atoms with Gasteiger partial charge in [0.1, 0.15) is 5.82 Å². The standard InChI is InChI=1S/C19H17BrN2O2/c1-13(23)21-18-12-15-11-16(20)7-8-17(15)19(22-18)24-10-9-14-5-3-2-4-6-14/h2-8,11-12H,9-10H2,1H3,(H,21,22,23). The van der Waals surface area contributed by atoms with Crippen LogP contribution < -0.4 is 10.1 Å². The summed E-state index contributed by atoms with van der Waals surface area (Å²) in [6, 6.07) is 17.9. The van der Waals surface area contributed by atoms with Gasteiger partial charge in [0.15, 0.2) is 0 Å². The van der Waals surface area contributed by atoms with Crippen LogP contribution in [0.2, 0.25) is 0 Å². The third kappa shape index (κ3) is 4.11. The predicted molar refractivity (Wildman–Crippen MR) is 99.4 cm³/mol. The second-order valence-electron chi connectivity index (χ2n) is 5.44. The van der Waals surface area contributed by atoms with Crippen molar-refractivity contribution in [2.75, 3.05) is 11.9 Å². The van der Waals surface area contributed by atoms with Gasteiger partial charge < -0.3 is 10.1 Å². The van der Waals surface area contributed by atoms with Gasteiger partial charge in [0.2, 0.25) is 11.8 Å². The van der Waals surface area contributed by atoms with Crippen molar-refractivity contribution in [3.8, 4) is 5.88 Å². The molecule has 3 rings (SSSR count). The zero-order valence-electron chi connectivity index (χ0n) is 13.3. The molecule has 0 atom stereocenters. The molecule has 1 aromatic heterocycles. The minimum Gasteiger partial charge on any atom is -0.477 e. The smallest absolute Gasteiger partial charge is 0.223 e. The Morgan fingerprint density at radius 2 is 1.96 bits per heavy atom. The number of carbonyl (C=O) groups is 1. The quantitative estimate of drug-likeness (QED) is 0.700. The molecule has 2 aromatic carbocycles. The summed E-state index contributed by atoms with van der Waals surface area (Å²) in [5, 5.41) is 4.59. The molecule has 4 nitrogen and oxygen atoms in total. The van der Waals surface area contributed by atoms with E-state index in [1.165, 1.54) is 12.5 Å². The minimum atomic E-state index is -0.160. The average molecular weight is 385 g/mol. The number of carbonyl (C=O) groups excluding carboxylic acids is 1. The second kappa shape index (κ2) is 7.45. The number of fused-ring (bicyclic) bond motifs is 1. The first-order valence-corrected chi connectivity index (χ1v) is 8.46. The van der Waals surface area contributed by atoms with Gasteiger partial charge >= 0.3 is 0 Å². The van der Waals surface area contributed by atoms with Crippen molar-refractivity contribution in [2.24, 2.45) is 0 Å². The van der Waals surface area contributed by atoms with Crippen LogP contribution in [-0.2, 0) is 11.2 Å². The Kier molecular flexibility index (Phi) is 5.11. The largest absolute Gasteiger partial charge is 0.477 e. The van der Waals surface area contributed by atoms with Crippen molar-refractivity contribution in [3.63, 3.8) is 0 Å². The molecule has 3 aromatic rings. The molecule has 24 heavy (non-hydrogen) atoms. The highest BCUT2D eigenvalue weighted by atomic mass is 79.9. The van der Waals surface area contributed by atoms with E-state index in [4.69, 9.17) is 4.74 Å². The number of nitrogens with one attached hydrogen (secondary N) is 1. The number of hydrogen-bond donors (Lipinski definition) is 1. The molecule has 0 radical (unpaired) electrons. The fourth-order valence-corrected chi connectivity index (χ4v) is 2.84. The number of rotatable bonds is 5. The molecule has 0 aliphatic heterocycles. The highest BCUT2D eigenvalue weighted by Gasteiger charge is 2.09. The molecule has 0 fully saturated rings. The van der Waals surface area contributed by atoms with Gasteiger partial charge in [-0.05, 0) is 35.2 Å². The third-order valence-corrected chi connectivity index (χ3v) is 4.03. The van der Waals surface area contributed by atoms with Crippen molar-refractivity contribution in [1.82, 2.24) is 4.98 Å². The predicted octanol–water partition coefficient (Wildman–Crippen LogP) is 4.58. The summed E-state index contributed by atoms with van der Waals surface area (Å²) < 4.78 is 6.87. The summed E-state index contributed by atoms with van der Waals surface area (Å²) in [5.41, 5.74) is 1.21. The Hall–Kier alpha value is -2.40. The normalized spacial score (nSPS) is 10.6. The van der Waals surface area contributed by atoms with Crippen LogP contribution in [0.25, 0.3) is 10.8 Å². The summed E-state index contributed by atoms with van der Waals surface area (Å²) in [6.45, 7) is 1.98. The maximum Gasteiger partial charge on any atom is 0.223 e. The molecule has 0 saturated heterocycles. The van der Waals surface area contributed by atoms with Gasteiger partial charge in [0.25, 0.3) is 0 Å².